The molecule has 0 aliphatic carbocycles. The van der Waals surface area contributed by atoms with Crippen LogP contribution in [0.15, 0.2) is 47.4 Å². The lowest BCUT2D eigenvalue weighted by molar-refractivity contribution is -0.276. The molecule has 1 fully saturated rings. The van der Waals surface area contributed by atoms with E-state index in [2.05, 4.69) is 0 Å². The number of hydrogen-bond donors (Lipinski definition) is 0. The van der Waals surface area contributed by atoms with Crippen LogP contribution in [0, 0.1) is 13.8 Å². The summed E-state index contributed by atoms with van der Waals surface area (Å²) in [6.07, 6.45) is -3.57. The molecule has 198 valence electrons. The topological polar surface area (TPSA) is 82.1 Å². The molecule has 0 spiro atoms. The summed E-state index contributed by atoms with van der Waals surface area (Å²) in [4.78, 5) is 13.0. The summed E-state index contributed by atoms with van der Waals surface area (Å²) in [7, 11) is -1.77. The maximum absolute atomic E-state index is 14.2. The van der Waals surface area contributed by atoms with Crippen molar-refractivity contribution in [1.29, 1.82) is 0 Å². The average Bonchev–Trinajstić information content (AvgIpc) is 2.82. The SMILES string of the molecule is COc1cc(C)c(S(=O)(=O)N2CCCC[C@H]2COC(=O)[C@](OC)(c2ccccc2)C(F)(F)F)c(C)c1. The molecule has 11 heteroatoms. The van der Waals surface area contributed by atoms with Crippen LogP contribution in [0.25, 0.3) is 0 Å². The number of aryl methyl sites for hydroxylation is 2. The van der Waals surface area contributed by atoms with Gasteiger partial charge in [-0.25, -0.2) is 13.2 Å². The summed E-state index contributed by atoms with van der Waals surface area (Å²) in [5, 5.41) is 0. The normalized spacial score (nSPS) is 18.9. The second-order valence-electron chi connectivity index (χ2n) is 8.70. The number of esters is 1. The van der Waals surface area contributed by atoms with Crippen LogP contribution in [0.4, 0.5) is 13.2 Å². The number of sulfonamides is 1. The zero-order valence-corrected chi connectivity index (χ0v) is 21.4. The van der Waals surface area contributed by atoms with E-state index in [-0.39, 0.29) is 11.4 Å². The summed E-state index contributed by atoms with van der Waals surface area (Å²) in [5.74, 6) is -1.14. The van der Waals surface area contributed by atoms with Crippen LogP contribution in [-0.4, -0.2) is 58.3 Å². The van der Waals surface area contributed by atoms with Crippen molar-refractivity contribution in [3.63, 3.8) is 0 Å². The third-order valence-corrected chi connectivity index (χ3v) is 8.65. The molecule has 1 saturated heterocycles. The Labute approximate surface area is 209 Å². The van der Waals surface area contributed by atoms with Crippen molar-refractivity contribution >= 4 is 16.0 Å². The zero-order chi connectivity index (χ0) is 26.7. The average molecular weight is 530 g/mol. The van der Waals surface area contributed by atoms with Gasteiger partial charge in [0, 0.05) is 19.2 Å². The summed E-state index contributed by atoms with van der Waals surface area (Å²) in [6, 6.07) is 8.88. The van der Waals surface area contributed by atoms with Gasteiger partial charge in [-0.05, 0) is 49.9 Å². The molecule has 0 amide bonds. The van der Waals surface area contributed by atoms with Gasteiger partial charge in [-0.2, -0.15) is 17.5 Å². The first-order chi connectivity index (χ1) is 16.9. The first-order valence-corrected chi connectivity index (χ1v) is 12.9. The van der Waals surface area contributed by atoms with Crippen molar-refractivity contribution in [3.8, 4) is 5.75 Å². The number of hydrogen-bond acceptors (Lipinski definition) is 6. The molecule has 1 aliphatic heterocycles. The molecule has 2 aromatic rings. The molecule has 3 rings (SSSR count). The number of carbonyl (C=O) groups excluding carboxylic acids is 1. The minimum Gasteiger partial charge on any atom is -0.497 e. The lowest BCUT2D eigenvalue weighted by Crippen LogP contribution is -2.53. The van der Waals surface area contributed by atoms with Crippen molar-refractivity contribution in [2.24, 2.45) is 0 Å². The van der Waals surface area contributed by atoms with Crippen LogP contribution in [0.3, 0.4) is 0 Å². The highest BCUT2D eigenvalue weighted by molar-refractivity contribution is 7.89. The van der Waals surface area contributed by atoms with Gasteiger partial charge in [0.05, 0.1) is 18.0 Å². The van der Waals surface area contributed by atoms with E-state index in [1.807, 2.05) is 0 Å². The minimum atomic E-state index is -5.12. The number of halogens is 3. The van der Waals surface area contributed by atoms with E-state index in [1.54, 1.807) is 26.0 Å². The lowest BCUT2D eigenvalue weighted by atomic mass is 9.92. The quantitative estimate of drug-likeness (QED) is 0.469. The highest BCUT2D eigenvalue weighted by Gasteiger charge is 2.64. The molecule has 0 radical (unpaired) electrons. The third-order valence-electron chi connectivity index (χ3n) is 6.39. The Morgan fingerprint density at radius 3 is 2.19 bits per heavy atom. The van der Waals surface area contributed by atoms with E-state index in [4.69, 9.17) is 14.2 Å². The monoisotopic (exact) mass is 529 g/mol. The fourth-order valence-corrected chi connectivity index (χ4v) is 6.76. The lowest BCUT2D eigenvalue weighted by Gasteiger charge is -2.36. The van der Waals surface area contributed by atoms with E-state index < -0.39 is 46.0 Å². The van der Waals surface area contributed by atoms with Crippen LogP contribution in [0.2, 0.25) is 0 Å². The largest absolute Gasteiger partial charge is 0.497 e. The molecule has 0 bridgehead atoms. The van der Waals surface area contributed by atoms with Gasteiger partial charge in [0.15, 0.2) is 0 Å². The Hall–Kier alpha value is -2.63. The first-order valence-electron chi connectivity index (χ1n) is 11.4. The predicted molar refractivity (Wildman–Crippen MR) is 126 cm³/mol. The Kier molecular flexibility index (Phi) is 8.37. The molecule has 0 unspecified atom stereocenters. The number of ether oxygens (including phenoxy) is 3. The highest BCUT2D eigenvalue weighted by atomic mass is 32.2. The number of methoxy groups -OCH3 is 2. The number of benzene rings is 2. The number of piperidine rings is 1. The number of carbonyl (C=O) groups is 1. The number of nitrogens with zero attached hydrogens (tertiary/aromatic N) is 1. The minimum absolute atomic E-state index is 0.104. The van der Waals surface area contributed by atoms with Crippen LogP contribution in [0.1, 0.15) is 36.0 Å². The van der Waals surface area contributed by atoms with Crippen molar-refractivity contribution < 1.29 is 40.6 Å². The van der Waals surface area contributed by atoms with E-state index in [0.717, 1.165) is 19.2 Å². The molecule has 1 heterocycles. The molecule has 0 saturated carbocycles. The van der Waals surface area contributed by atoms with Crippen LogP contribution in [0.5, 0.6) is 5.75 Å². The van der Waals surface area contributed by atoms with Gasteiger partial charge in [0.25, 0.3) is 5.60 Å². The smallest absolute Gasteiger partial charge is 0.432 e. The van der Waals surface area contributed by atoms with Gasteiger partial charge in [0.1, 0.15) is 12.4 Å². The van der Waals surface area contributed by atoms with Gasteiger partial charge in [-0.15, -0.1) is 0 Å². The Bertz CT molecular complexity index is 1160. The standard InChI is InChI=1S/C25H30F3NO6S/c1-17-14-21(33-3)15-18(2)22(17)36(31,32)29-13-9-8-12-20(29)16-35-23(30)24(34-4,25(26,27)28)19-10-6-5-7-11-19/h5-7,10-11,14-15,20H,8-9,12-13,16H2,1-4H3/t20-,24+/m0/s1. The zero-order valence-electron chi connectivity index (χ0n) is 20.6. The number of rotatable bonds is 8. The van der Waals surface area contributed by atoms with E-state index in [9.17, 15) is 26.4 Å². The molecule has 0 aromatic heterocycles. The van der Waals surface area contributed by atoms with Crippen LogP contribution < -0.4 is 4.74 Å². The van der Waals surface area contributed by atoms with Crippen molar-refractivity contribution in [2.75, 3.05) is 27.4 Å². The van der Waals surface area contributed by atoms with Gasteiger partial charge < -0.3 is 14.2 Å². The fourth-order valence-electron chi connectivity index (χ4n) is 4.67. The van der Waals surface area contributed by atoms with Gasteiger partial charge in [0.2, 0.25) is 10.0 Å². The molecular formula is C25H30F3NO6S. The second kappa shape index (κ2) is 10.8. The maximum Gasteiger partial charge on any atom is 0.432 e. The number of alkyl halides is 3. The fraction of sp³-hybridized carbons (Fsp3) is 0.480. The Balaban J connectivity index is 1.91. The van der Waals surface area contributed by atoms with E-state index in [0.29, 0.717) is 36.1 Å². The summed E-state index contributed by atoms with van der Waals surface area (Å²) in [5.41, 5.74) is -2.81. The molecule has 0 N–H and O–H groups in total. The van der Waals surface area contributed by atoms with E-state index >= 15 is 0 Å². The summed E-state index contributed by atoms with van der Waals surface area (Å²) >= 11 is 0. The second-order valence-corrected chi connectivity index (χ2v) is 10.5. The first kappa shape index (κ1) is 27.9. The molecule has 7 nitrogen and oxygen atoms in total. The Morgan fingerprint density at radius 1 is 1.06 bits per heavy atom. The van der Waals surface area contributed by atoms with Crippen molar-refractivity contribution in [2.45, 2.75) is 55.8 Å². The van der Waals surface area contributed by atoms with Crippen LogP contribution in [-0.2, 0) is 29.9 Å². The molecule has 2 aromatic carbocycles. The predicted octanol–water partition coefficient (Wildman–Crippen LogP) is 4.50. The van der Waals surface area contributed by atoms with Crippen molar-refractivity contribution in [3.05, 3.63) is 59.2 Å². The molecule has 1 aliphatic rings. The van der Waals surface area contributed by atoms with Crippen LogP contribution >= 0.6 is 0 Å². The Morgan fingerprint density at radius 2 is 1.67 bits per heavy atom. The van der Waals surface area contributed by atoms with Gasteiger partial charge in [-0.3, -0.25) is 0 Å². The molecule has 36 heavy (non-hydrogen) atoms. The highest BCUT2D eigenvalue weighted by Crippen LogP contribution is 2.43. The van der Waals surface area contributed by atoms with Gasteiger partial charge >= 0.3 is 12.1 Å². The molecule has 2 atom stereocenters. The summed E-state index contributed by atoms with van der Waals surface area (Å²) in [6.45, 7) is 2.91. The third kappa shape index (κ3) is 5.09. The van der Waals surface area contributed by atoms with Gasteiger partial charge in [-0.1, -0.05) is 36.8 Å². The maximum atomic E-state index is 14.2. The molecular weight excluding hydrogens is 499 g/mol. The van der Waals surface area contributed by atoms with E-state index in [1.165, 1.54) is 29.6 Å². The van der Waals surface area contributed by atoms with Crippen molar-refractivity contribution in [1.82, 2.24) is 4.31 Å². The summed E-state index contributed by atoms with van der Waals surface area (Å²) < 4.78 is 86.2.